The van der Waals surface area contributed by atoms with Gasteiger partial charge in [-0.1, -0.05) is 38.1 Å². The van der Waals surface area contributed by atoms with Crippen LogP contribution in [-0.2, 0) is 18.9 Å². The zero-order chi connectivity index (χ0) is 23.7. The van der Waals surface area contributed by atoms with Crippen LogP contribution in [0.2, 0.25) is 0 Å². The Morgan fingerprint density at radius 2 is 1.15 bits per heavy atom. The van der Waals surface area contributed by atoms with Crippen LogP contribution in [0.15, 0.2) is 59.1 Å². The van der Waals surface area contributed by atoms with Crippen LogP contribution < -0.4 is 0 Å². The fourth-order valence-corrected chi connectivity index (χ4v) is 4.22. The molecule has 2 N–H and O–H groups in total. The van der Waals surface area contributed by atoms with Gasteiger partial charge in [-0.25, -0.2) is 0 Å². The standard InChI is InChI=1S/C28H32N2O4/c1-17-23(27(9-7-25(17)29)33-15-21-13-31-21)11-19-3-5-20(6-4-19)12-24-18(2)26(30)8-10-28(24)34-16-22-14-32-22/h3-6,9-12,17-18,21-22,29-30H,7-8,13-16H2,1-2H3. The summed E-state index contributed by atoms with van der Waals surface area (Å²) in [5.74, 6) is 1.78. The van der Waals surface area contributed by atoms with Crippen LogP contribution in [0.25, 0.3) is 12.2 Å². The van der Waals surface area contributed by atoms with Gasteiger partial charge in [-0.15, -0.1) is 0 Å². The summed E-state index contributed by atoms with van der Waals surface area (Å²) in [7, 11) is 0. The minimum Gasteiger partial charge on any atom is -0.491 e. The van der Waals surface area contributed by atoms with E-state index in [0.29, 0.717) is 37.5 Å². The molecule has 2 aliphatic carbocycles. The van der Waals surface area contributed by atoms with E-state index in [9.17, 15) is 0 Å². The highest BCUT2D eigenvalue weighted by Crippen LogP contribution is 2.33. The summed E-state index contributed by atoms with van der Waals surface area (Å²) in [6.07, 6.45) is 9.93. The molecule has 4 atom stereocenters. The van der Waals surface area contributed by atoms with Crippen LogP contribution in [0.1, 0.15) is 37.8 Å². The van der Waals surface area contributed by atoms with Crippen molar-refractivity contribution in [1.82, 2.24) is 0 Å². The Labute approximate surface area is 201 Å². The van der Waals surface area contributed by atoms with Crippen molar-refractivity contribution in [2.45, 2.75) is 38.9 Å². The van der Waals surface area contributed by atoms with Crippen molar-refractivity contribution in [2.24, 2.45) is 11.8 Å². The first-order valence-corrected chi connectivity index (χ1v) is 12.1. The molecule has 6 nitrogen and oxygen atoms in total. The molecule has 0 aromatic heterocycles. The second kappa shape index (κ2) is 9.72. The zero-order valence-electron chi connectivity index (χ0n) is 19.8. The maximum atomic E-state index is 8.29. The number of rotatable bonds is 8. The summed E-state index contributed by atoms with van der Waals surface area (Å²) < 4.78 is 22.6. The molecule has 4 aliphatic rings. The smallest absolute Gasteiger partial charge is 0.119 e. The van der Waals surface area contributed by atoms with E-state index in [4.69, 9.17) is 29.8 Å². The van der Waals surface area contributed by atoms with Crippen LogP contribution in [0.4, 0.5) is 0 Å². The molecule has 0 amide bonds. The monoisotopic (exact) mass is 460 g/mol. The molecule has 2 heterocycles. The van der Waals surface area contributed by atoms with Gasteiger partial charge < -0.3 is 29.8 Å². The predicted octanol–water partition coefficient (Wildman–Crippen LogP) is 5.17. The molecule has 178 valence electrons. The van der Waals surface area contributed by atoms with Gasteiger partial charge in [0.1, 0.15) is 36.9 Å². The molecule has 0 bridgehead atoms. The molecular weight excluding hydrogens is 428 g/mol. The van der Waals surface area contributed by atoms with E-state index in [1.165, 1.54) is 0 Å². The molecule has 0 radical (unpaired) electrons. The lowest BCUT2D eigenvalue weighted by molar-refractivity contribution is 0.186. The average molecular weight is 461 g/mol. The quantitative estimate of drug-likeness (QED) is 0.524. The van der Waals surface area contributed by atoms with Gasteiger partial charge >= 0.3 is 0 Å². The Hall–Kier alpha value is -2.96. The Bertz CT molecular complexity index is 1000. The first-order chi connectivity index (χ1) is 16.5. The zero-order valence-corrected chi connectivity index (χ0v) is 19.8. The third kappa shape index (κ3) is 5.40. The SMILES string of the molecule is CC1C(=N)CC=C(OCC2CO2)C1=Cc1ccc(C=C2C(OCC3CO3)=CCC(=N)C2C)cc1. The van der Waals surface area contributed by atoms with Crippen LogP contribution in [0, 0.1) is 22.7 Å². The van der Waals surface area contributed by atoms with Crippen molar-refractivity contribution >= 4 is 23.6 Å². The van der Waals surface area contributed by atoms with E-state index in [0.717, 1.165) is 47.0 Å². The minimum absolute atomic E-state index is 0.0244. The lowest BCUT2D eigenvalue weighted by Crippen LogP contribution is -2.20. The fourth-order valence-electron chi connectivity index (χ4n) is 4.22. The van der Waals surface area contributed by atoms with Gasteiger partial charge in [0.05, 0.1) is 13.2 Å². The summed E-state index contributed by atoms with van der Waals surface area (Å²) in [4.78, 5) is 0. The van der Waals surface area contributed by atoms with Gasteiger partial charge in [0.15, 0.2) is 0 Å². The topological polar surface area (TPSA) is 91.2 Å². The maximum absolute atomic E-state index is 8.29. The lowest BCUT2D eigenvalue weighted by atomic mass is 9.85. The second-order valence-electron chi connectivity index (χ2n) is 9.44. The summed E-state index contributed by atoms with van der Waals surface area (Å²) in [5.41, 5.74) is 5.62. The number of hydrogen-bond acceptors (Lipinski definition) is 6. The Balaban J connectivity index is 1.35. The predicted molar refractivity (Wildman–Crippen MR) is 133 cm³/mol. The average Bonchev–Trinajstić information content (AvgIpc) is 3.75. The van der Waals surface area contributed by atoms with E-state index < -0.39 is 0 Å². The van der Waals surface area contributed by atoms with Crippen LogP contribution in [0.3, 0.4) is 0 Å². The molecule has 0 saturated carbocycles. The van der Waals surface area contributed by atoms with E-state index >= 15 is 0 Å². The fraction of sp³-hybridized carbons (Fsp3) is 0.429. The first-order valence-electron chi connectivity index (χ1n) is 12.1. The summed E-state index contributed by atoms with van der Waals surface area (Å²) >= 11 is 0. The molecule has 2 saturated heterocycles. The third-order valence-corrected chi connectivity index (χ3v) is 6.80. The molecule has 5 rings (SSSR count). The summed E-state index contributed by atoms with van der Waals surface area (Å²) in [5, 5.41) is 16.6. The molecular formula is C28H32N2O4. The van der Waals surface area contributed by atoms with Gasteiger partial charge in [-0.2, -0.15) is 0 Å². The van der Waals surface area contributed by atoms with Gasteiger partial charge in [0, 0.05) is 47.2 Å². The lowest BCUT2D eigenvalue weighted by Gasteiger charge is -2.25. The number of ether oxygens (including phenoxy) is 4. The minimum atomic E-state index is 0.0244. The molecule has 2 aliphatic heterocycles. The van der Waals surface area contributed by atoms with Crippen LogP contribution >= 0.6 is 0 Å². The van der Waals surface area contributed by atoms with Crippen molar-refractivity contribution in [3.05, 3.63) is 70.2 Å². The summed E-state index contributed by atoms with van der Waals surface area (Å²) in [6.45, 7) is 6.79. The highest BCUT2D eigenvalue weighted by molar-refractivity contribution is 5.92. The summed E-state index contributed by atoms with van der Waals surface area (Å²) in [6, 6.07) is 8.36. The highest BCUT2D eigenvalue weighted by Gasteiger charge is 2.29. The Morgan fingerprint density at radius 3 is 1.50 bits per heavy atom. The number of hydrogen-bond donors (Lipinski definition) is 2. The molecule has 6 heteroatoms. The molecule has 2 fully saturated rings. The van der Waals surface area contributed by atoms with Crippen molar-refractivity contribution in [3.63, 3.8) is 0 Å². The highest BCUT2D eigenvalue weighted by atomic mass is 16.6. The Kier molecular flexibility index (Phi) is 6.53. The van der Waals surface area contributed by atoms with Crippen molar-refractivity contribution in [2.75, 3.05) is 26.4 Å². The van der Waals surface area contributed by atoms with Crippen molar-refractivity contribution < 1.29 is 18.9 Å². The van der Waals surface area contributed by atoms with E-state index in [1.807, 2.05) is 12.2 Å². The van der Waals surface area contributed by atoms with Crippen LogP contribution in [0.5, 0.6) is 0 Å². The molecule has 34 heavy (non-hydrogen) atoms. The third-order valence-electron chi connectivity index (χ3n) is 6.80. The normalized spacial score (nSPS) is 30.8. The second-order valence-corrected chi connectivity index (χ2v) is 9.44. The van der Waals surface area contributed by atoms with Crippen molar-refractivity contribution in [1.29, 1.82) is 10.8 Å². The number of allylic oxidation sites excluding steroid dienone is 4. The molecule has 4 unspecified atom stereocenters. The van der Waals surface area contributed by atoms with E-state index in [1.54, 1.807) is 0 Å². The van der Waals surface area contributed by atoms with Gasteiger partial charge in [-0.05, 0) is 35.4 Å². The van der Waals surface area contributed by atoms with Gasteiger partial charge in [0.25, 0.3) is 0 Å². The van der Waals surface area contributed by atoms with E-state index in [-0.39, 0.29) is 24.0 Å². The number of benzene rings is 1. The van der Waals surface area contributed by atoms with Crippen LogP contribution in [-0.4, -0.2) is 50.1 Å². The first kappa shape index (κ1) is 22.8. The van der Waals surface area contributed by atoms with Gasteiger partial charge in [-0.3, -0.25) is 0 Å². The molecule has 1 aromatic carbocycles. The maximum Gasteiger partial charge on any atom is 0.119 e. The number of nitrogens with one attached hydrogen (secondary N) is 2. The number of epoxide rings is 2. The van der Waals surface area contributed by atoms with E-state index in [2.05, 4.69) is 50.3 Å². The Morgan fingerprint density at radius 1 is 0.765 bits per heavy atom. The molecule has 0 spiro atoms. The van der Waals surface area contributed by atoms with Gasteiger partial charge in [0.2, 0.25) is 0 Å². The van der Waals surface area contributed by atoms with Crippen molar-refractivity contribution in [3.8, 4) is 0 Å². The molecule has 1 aromatic rings. The largest absolute Gasteiger partial charge is 0.491 e.